The van der Waals surface area contributed by atoms with Crippen LogP contribution in [0.2, 0.25) is 0 Å². The molecule has 0 heterocycles. The van der Waals surface area contributed by atoms with Gasteiger partial charge in [0.05, 0.1) is 5.92 Å². The molecule has 0 bridgehead atoms. The van der Waals surface area contributed by atoms with Crippen LogP contribution < -0.4 is 0 Å². The van der Waals surface area contributed by atoms with Crippen molar-refractivity contribution < 1.29 is 9.90 Å². The summed E-state index contributed by atoms with van der Waals surface area (Å²) in [4.78, 5) is 10.9. The molecule has 0 aromatic heterocycles. The van der Waals surface area contributed by atoms with E-state index in [0.29, 0.717) is 5.92 Å². The Hall–Kier alpha value is -1.31. The lowest BCUT2D eigenvalue weighted by Gasteiger charge is -2.26. The van der Waals surface area contributed by atoms with E-state index in [1.54, 1.807) is 0 Å². The summed E-state index contributed by atoms with van der Waals surface area (Å²) >= 11 is 0. The van der Waals surface area contributed by atoms with Crippen LogP contribution in [-0.2, 0) is 11.2 Å². The maximum atomic E-state index is 10.9. The first kappa shape index (κ1) is 13.1. The van der Waals surface area contributed by atoms with Gasteiger partial charge in [0.2, 0.25) is 0 Å². The molecule has 1 saturated carbocycles. The average molecular weight is 246 g/mol. The summed E-state index contributed by atoms with van der Waals surface area (Å²) in [5.41, 5.74) is 4.12. The van der Waals surface area contributed by atoms with E-state index in [0.717, 1.165) is 32.1 Å². The van der Waals surface area contributed by atoms with Gasteiger partial charge < -0.3 is 5.11 Å². The molecule has 1 fully saturated rings. The Balaban J connectivity index is 1.95. The molecule has 0 atom stereocenters. The summed E-state index contributed by atoms with van der Waals surface area (Å²) in [6, 6.07) is 6.62. The number of aryl methyl sites for hydroxylation is 2. The fourth-order valence-corrected chi connectivity index (χ4v) is 2.94. The maximum absolute atomic E-state index is 10.9. The third-order valence-corrected chi connectivity index (χ3v) is 4.21. The predicted molar refractivity (Wildman–Crippen MR) is 72.7 cm³/mol. The monoisotopic (exact) mass is 246 g/mol. The van der Waals surface area contributed by atoms with Crippen molar-refractivity contribution in [3.05, 3.63) is 34.9 Å². The van der Waals surface area contributed by atoms with Gasteiger partial charge in [-0.15, -0.1) is 0 Å². The van der Waals surface area contributed by atoms with Crippen molar-refractivity contribution in [2.75, 3.05) is 0 Å². The van der Waals surface area contributed by atoms with Gasteiger partial charge in [-0.2, -0.15) is 0 Å². The lowest BCUT2D eigenvalue weighted by atomic mass is 9.79. The van der Waals surface area contributed by atoms with Crippen LogP contribution in [0.25, 0.3) is 0 Å². The molecule has 2 heteroatoms. The Morgan fingerprint density at radius 1 is 1.22 bits per heavy atom. The van der Waals surface area contributed by atoms with Crippen LogP contribution in [0.4, 0.5) is 0 Å². The molecule has 0 saturated heterocycles. The largest absolute Gasteiger partial charge is 0.481 e. The summed E-state index contributed by atoms with van der Waals surface area (Å²) in [5, 5.41) is 8.99. The molecule has 0 amide bonds. The second-order valence-electron chi connectivity index (χ2n) is 5.69. The summed E-state index contributed by atoms with van der Waals surface area (Å²) in [7, 11) is 0. The number of aliphatic carboxylic acids is 1. The van der Waals surface area contributed by atoms with Gasteiger partial charge in [0.1, 0.15) is 0 Å². The predicted octanol–water partition coefficient (Wildman–Crippen LogP) is 3.74. The van der Waals surface area contributed by atoms with E-state index in [1.807, 2.05) is 0 Å². The third-order valence-electron chi connectivity index (χ3n) is 4.21. The van der Waals surface area contributed by atoms with E-state index >= 15 is 0 Å². The van der Waals surface area contributed by atoms with Crippen molar-refractivity contribution in [3.63, 3.8) is 0 Å². The number of carboxylic acid groups (broad SMARTS) is 1. The Morgan fingerprint density at radius 2 is 1.89 bits per heavy atom. The van der Waals surface area contributed by atoms with Crippen molar-refractivity contribution in [1.29, 1.82) is 0 Å². The van der Waals surface area contributed by atoms with Gasteiger partial charge in [0.15, 0.2) is 0 Å². The molecule has 2 rings (SSSR count). The second kappa shape index (κ2) is 5.55. The Kier molecular flexibility index (Phi) is 4.05. The molecule has 0 unspecified atom stereocenters. The maximum Gasteiger partial charge on any atom is 0.306 e. The van der Waals surface area contributed by atoms with Gasteiger partial charge in [-0.25, -0.2) is 0 Å². The molecular formula is C16H22O2. The molecule has 1 aromatic carbocycles. The van der Waals surface area contributed by atoms with Crippen LogP contribution in [0, 0.1) is 25.7 Å². The van der Waals surface area contributed by atoms with Crippen LogP contribution in [-0.4, -0.2) is 11.1 Å². The topological polar surface area (TPSA) is 37.3 Å². The molecule has 1 aromatic rings. The van der Waals surface area contributed by atoms with Crippen LogP contribution in [0.3, 0.4) is 0 Å². The summed E-state index contributed by atoms with van der Waals surface area (Å²) in [5.74, 6) is -0.0406. The van der Waals surface area contributed by atoms with Crippen LogP contribution >= 0.6 is 0 Å². The molecule has 2 nitrogen and oxygen atoms in total. The smallest absolute Gasteiger partial charge is 0.306 e. The van der Waals surface area contributed by atoms with Crippen molar-refractivity contribution in [2.45, 2.75) is 46.0 Å². The van der Waals surface area contributed by atoms with E-state index in [9.17, 15) is 4.79 Å². The molecule has 0 aliphatic heterocycles. The van der Waals surface area contributed by atoms with Gasteiger partial charge in [-0.1, -0.05) is 23.8 Å². The van der Waals surface area contributed by atoms with E-state index < -0.39 is 5.97 Å². The molecule has 1 aliphatic carbocycles. The number of benzene rings is 1. The highest BCUT2D eigenvalue weighted by molar-refractivity contribution is 5.69. The molecule has 0 spiro atoms. The highest BCUT2D eigenvalue weighted by Crippen LogP contribution is 2.31. The normalized spacial score (nSPS) is 23.9. The Morgan fingerprint density at radius 3 is 2.50 bits per heavy atom. The summed E-state index contributed by atoms with van der Waals surface area (Å²) in [6.45, 7) is 4.29. The number of hydrogen-bond donors (Lipinski definition) is 1. The third kappa shape index (κ3) is 3.12. The lowest BCUT2D eigenvalue weighted by molar-refractivity contribution is -0.143. The zero-order valence-corrected chi connectivity index (χ0v) is 11.3. The minimum Gasteiger partial charge on any atom is -0.481 e. The first-order valence-corrected chi connectivity index (χ1v) is 6.85. The van der Waals surface area contributed by atoms with Crippen LogP contribution in [0.5, 0.6) is 0 Å². The van der Waals surface area contributed by atoms with E-state index in [1.165, 1.54) is 16.7 Å². The molecule has 98 valence electrons. The quantitative estimate of drug-likeness (QED) is 0.882. The highest BCUT2D eigenvalue weighted by Gasteiger charge is 2.26. The number of carboxylic acids is 1. The molecule has 1 aliphatic rings. The van der Waals surface area contributed by atoms with Gasteiger partial charge >= 0.3 is 5.97 Å². The number of rotatable bonds is 3. The van der Waals surface area contributed by atoms with E-state index in [2.05, 4.69) is 32.0 Å². The van der Waals surface area contributed by atoms with Crippen LogP contribution in [0.1, 0.15) is 42.4 Å². The minimum absolute atomic E-state index is 0.0974. The fourth-order valence-electron chi connectivity index (χ4n) is 2.94. The molecule has 1 N–H and O–H groups in total. The summed E-state index contributed by atoms with van der Waals surface area (Å²) < 4.78 is 0. The van der Waals surface area contributed by atoms with Gasteiger partial charge in [-0.3, -0.25) is 4.79 Å². The Labute approximate surface area is 109 Å². The van der Waals surface area contributed by atoms with Gasteiger partial charge in [-0.05, 0) is 63.0 Å². The Bertz CT molecular complexity index is 429. The van der Waals surface area contributed by atoms with Crippen molar-refractivity contribution in [1.82, 2.24) is 0 Å². The highest BCUT2D eigenvalue weighted by atomic mass is 16.4. The zero-order chi connectivity index (χ0) is 13.1. The molecular weight excluding hydrogens is 224 g/mol. The lowest BCUT2D eigenvalue weighted by Crippen LogP contribution is -2.22. The van der Waals surface area contributed by atoms with E-state index in [-0.39, 0.29) is 5.92 Å². The van der Waals surface area contributed by atoms with Crippen molar-refractivity contribution >= 4 is 5.97 Å². The first-order chi connectivity index (χ1) is 8.56. The van der Waals surface area contributed by atoms with Gasteiger partial charge in [0.25, 0.3) is 0 Å². The second-order valence-corrected chi connectivity index (χ2v) is 5.69. The average Bonchev–Trinajstić information content (AvgIpc) is 2.34. The van der Waals surface area contributed by atoms with E-state index in [4.69, 9.17) is 5.11 Å². The summed E-state index contributed by atoms with van der Waals surface area (Å²) in [6.07, 6.45) is 4.93. The first-order valence-electron chi connectivity index (χ1n) is 6.85. The van der Waals surface area contributed by atoms with Crippen LogP contribution in [0.15, 0.2) is 18.2 Å². The standard InChI is InChI=1S/C16H22O2/c1-11-3-4-12(2)15(9-11)10-13-5-7-14(8-6-13)16(17)18/h3-4,9,13-14H,5-8,10H2,1-2H3,(H,17,18). The van der Waals surface area contributed by atoms with Crippen molar-refractivity contribution in [3.8, 4) is 0 Å². The number of carbonyl (C=O) groups is 1. The molecule has 0 radical (unpaired) electrons. The molecule has 18 heavy (non-hydrogen) atoms. The fraction of sp³-hybridized carbons (Fsp3) is 0.562. The van der Waals surface area contributed by atoms with Gasteiger partial charge in [0, 0.05) is 0 Å². The number of hydrogen-bond acceptors (Lipinski definition) is 1. The SMILES string of the molecule is Cc1ccc(C)c(CC2CCC(C(=O)O)CC2)c1. The minimum atomic E-state index is -0.611. The van der Waals surface area contributed by atoms with Crippen molar-refractivity contribution in [2.24, 2.45) is 11.8 Å². The zero-order valence-electron chi connectivity index (χ0n) is 11.3.